The zero-order valence-corrected chi connectivity index (χ0v) is 20.1. The van der Waals surface area contributed by atoms with Crippen LogP contribution in [0.25, 0.3) is 0 Å². The summed E-state index contributed by atoms with van der Waals surface area (Å²) in [6, 6.07) is 0.563. The Kier molecular flexibility index (Phi) is 7.13. The van der Waals surface area contributed by atoms with Gasteiger partial charge in [-0.3, -0.25) is 0 Å². The zero-order chi connectivity index (χ0) is 19.7. The number of nitrogens with zero attached hydrogens (tertiary/aromatic N) is 2. The van der Waals surface area contributed by atoms with Crippen molar-refractivity contribution in [1.29, 1.82) is 0 Å². The van der Waals surface area contributed by atoms with Crippen LogP contribution >= 0.6 is 0 Å². The van der Waals surface area contributed by atoms with Crippen molar-refractivity contribution in [3.8, 4) is 0 Å². The summed E-state index contributed by atoms with van der Waals surface area (Å²) >= 11 is 0.737. The molecule has 0 saturated heterocycles. The Morgan fingerprint density at radius 2 is 1.18 bits per heavy atom. The van der Waals surface area contributed by atoms with Crippen molar-refractivity contribution in [3.63, 3.8) is 0 Å². The van der Waals surface area contributed by atoms with Gasteiger partial charge in [0.15, 0.2) is 0 Å². The fraction of sp³-hybridized carbons (Fsp3) is 0.455. The molecule has 0 aromatic heterocycles. The fourth-order valence-corrected chi connectivity index (χ4v) is 10.2. The van der Waals surface area contributed by atoms with Crippen LogP contribution in [-0.4, -0.2) is 63.4 Å². The first-order chi connectivity index (χ1) is 13.5. The van der Waals surface area contributed by atoms with Crippen molar-refractivity contribution < 1.29 is 9.47 Å². The molecule has 4 nitrogen and oxygen atoms in total. The van der Waals surface area contributed by atoms with Gasteiger partial charge in [0.05, 0.1) is 0 Å². The van der Waals surface area contributed by atoms with Gasteiger partial charge in [0.2, 0.25) is 0 Å². The van der Waals surface area contributed by atoms with E-state index in [0.29, 0.717) is 51.3 Å². The van der Waals surface area contributed by atoms with Gasteiger partial charge >= 0.3 is 182 Å². The molecule has 148 valence electrons. The molecule has 0 N–H and O–H groups in total. The van der Waals surface area contributed by atoms with Gasteiger partial charge in [-0.1, -0.05) is 0 Å². The third kappa shape index (κ3) is 4.66. The second-order valence-electron chi connectivity index (χ2n) is 7.89. The summed E-state index contributed by atoms with van der Waals surface area (Å²) in [6.45, 7) is 10.2. The Morgan fingerprint density at radius 3 is 1.54 bits per heavy atom. The minimum absolute atomic E-state index is 0.281. The molecule has 4 aliphatic rings. The molecule has 2 atom stereocenters. The van der Waals surface area contributed by atoms with E-state index in [1.54, 1.807) is 0 Å². The van der Waals surface area contributed by atoms with Gasteiger partial charge in [0, 0.05) is 0 Å². The van der Waals surface area contributed by atoms with Gasteiger partial charge in [-0.25, -0.2) is 0 Å². The van der Waals surface area contributed by atoms with Gasteiger partial charge in [-0.05, 0) is 0 Å². The van der Waals surface area contributed by atoms with Crippen LogP contribution in [0.15, 0.2) is 9.98 Å². The van der Waals surface area contributed by atoms with E-state index in [1.807, 2.05) is 0 Å². The predicted octanol–water partition coefficient (Wildman–Crippen LogP) is 2.68. The van der Waals surface area contributed by atoms with E-state index >= 15 is 0 Å². The van der Waals surface area contributed by atoms with Crippen molar-refractivity contribution in [1.82, 2.24) is 0 Å². The average Bonchev–Trinajstić information content (AvgIpc) is 3.46. The van der Waals surface area contributed by atoms with E-state index in [0.717, 1.165) is 11.8 Å². The van der Waals surface area contributed by atoms with E-state index in [-0.39, 0.29) is 12.1 Å². The zero-order valence-electron chi connectivity index (χ0n) is 16.7. The predicted molar refractivity (Wildman–Crippen MR) is 114 cm³/mol. The van der Waals surface area contributed by atoms with Gasteiger partial charge < -0.3 is 0 Å². The molecule has 4 rings (SSSR count). The second-order valence-corrected chi connectivity index (χ2v) is 14.1. The molecule has 28 heavy (non-hydrogen) atoms. The van der Waals surface area contributed by atoms with Crippen LogP contribution in [-0.2, 0) is 9.47 Å². The van der Waals surface area contributed by atoms with E-state index in [4.69, 9.17) is 19.5 Å². The van der Waals surface area contributed by atoms with E-state index < -0.39 is 0 Å². The molecular weight excluding hydrogens is 482 g/mol. The van der Waals surface area contributed by atoms with Gasteiger partial charge in [-0.2, -0.15) is 0 Å². The summed E-state index contributed by atoms with van der Waals surface area (Å²) < 4.78 is 11.8. The number of rotatable bonds is 7. The first-order valence-corrected chi connectivity index (χ1v) is 15.9. The van der Waals surface area contributed by atoms with Crippen LogP contribution in [0, 0.1) is 71.8 Å². The Balaban J connectivity index is 1.33. The normalized spacial score (nSPS) is 30.4. The summed E-state index contributed by atoms with van der Waals surface area (Å²) in [5, 5.41) is 0. The number of hydrogen-bond acceptors (Lipinski definition) is 4. The Bertz CT molecular complexity index is 555. The van der Waals surface area contributed by atoms with Crippen molar-refractivity contribution in [2.45, 2.75) is 39.8 Å². The quantitative estimate of drug-likeness (QED) is 0.497. The standard InChI is InChI=1S/C22H26N2O2Se2/c1-13(2)17-11-25-21(23-17)15-7-5-9-19(15)27-28-20-10-6-8-16(20)22-24-18(12-26-22)14(3)4/h5-10,13-14,17-18H,11-12H2,1-4H3/t17-,18-/m1/s1. The molecule has 6 heteroatoms. The molecule has 0 aromatic carbocycles. The van der Waals surface area contributed by atoms with Crippen molar-refractivity contribution in [3.05, 3.63) is 60.0 Å². The topological polar surface area (TPSA) is 43.2 Å². The third-order valence-electron chi connectivity index (χ3n) is 5.12. The summed E-state index contributed by atoms with van der Waals surface area (Å²) in [4.78, 5) is 12.4. The number of hydrogen-bond donors (Lipinski definition) is 0. The maximum absolute atomic E-state index is 5.92. The van der Waals surface area contributed by atoms with Crippen LogP contribution < -0.4 is 0 Å². The molecule has 2 heterocycles. The van der Waals surface area contributed by atoms with Crippen LogP contribution in [0.5, 0.6) is 0 Å². The third-order valence-corrected chi connectivity index (χ3v) is 12.4. The molecule has 0 amide bonds. The molecule has 0 unspecified atom stereocenters. The summed E-state index contributed by atoms with van der Waals surface area (Å²) in [6.07, 6.45) is 13.0. The summed E-state index contributed by atoms with van der Waals surface area (Å²) in [5.74, 6) is 5.07. The number of ether oxygens (including phenoxy) is 2. The molecule has 0 spiro atoms. The monoisotopic (exact) mass is 510 g/mol. The Morgan fingerprint density at radius 1 is 0.750 bits per heavy atom. The van der Waals surface area contributed by atoms with Crippen LogP contribution in [0.1, 0.15) is 27.7 Å². The summed E-state index contributed by atoms with van der Waals surface area (Å²) in [7, 11) is 0. The fourth-order valence-electron chi connectivity index (χ4n) is 3.15. The van der Waals surface area contributed by atoms with E-state index in [1.165, 1.54) is 21.5 Å². The number of aliphatic imine (C=N–C) groups is 2. The maximum atomic E-state index is 5.92. The summed E-state index contributed by atoms with van der Waals surface area (Å²) in [5.41, 5.74) is 0. The van der Waals surface area contributed by atoms with Crippen LogP contribution in [0.2, 0.25) is 0 Å². The first-order valence-electron chi connectivity index (χ1n) is 9.80. The molecule has 2 fully saturated rings. The Hall–Kier alpha value is -0.0210. The first kappa shape index (κ1) is 21.2. The average molecular weight is 508 g/mol. The molecule has 2 aliphatic heterocycles. The van der Waals surface area contributed by atoms with Crippen LogP contribution in [0.4, 0.5) is 0 Å². The van der Waals surface area contributed by atoms with E-state index in [9.17, 15) is 0 Å². The molecule has 0 aromatic rings. The van der Waals surface area contributed by atoms with Gasteiger partial charge in [0.1, 0.15) is 0 Å². The van der Waals surface area contributed by atoms with Crippen molar-refractivity contribution in [2.24, 2.45) is 21.8 Å². The van der Waals surface area contributed by atoms with E-state index in [2.05, 4.69) is 66.2 Å². The molecule has 0 bridgehead atoms. The second kappa shape index (κ2) is 9.41. The Labute approximate surface area is 182 Å². The SMILES string of the molecule is CC(C)[C@H]1COC([C]2[CH][CH][CH][C]2[Se][Se][C]2[CH][CH][CH][C]2C2=N[C@@H](C(C)C)CO2)=N1. The van der Waals surface area contributed by atoms with Gasteiger partial charge in [-0.15, -0.1) is 0 Å². The molecule has 2 saturated carbocycles. The minimum atomic E-state index is 0.281. The van der Waals surface area contributed by atoms with Crippen molar-refractivity contribution in [2.75, 3.05) is 13.2 Å². The van der Waals surface area contributed by atoms with Crippen LogP contribution in [0.3, 0.4) is 0 Å². The molecule has 2 aliphatic carbocycles. The molecule has 10 radical (unpaired) electrons. The van der Waals surface area contributed by atoms with Gasteiger partial charge in [0.25, 0.3) is 0 Å². The van der Waals surface area contributed by atoms with Crippen molar-refractivity contribution >= 4 is 38.1 Å². The molecular formula is C22H26N2O2Se2.